The highest BCUT2D eigenvalue weighted by Gasteiger charge is 1.96. The van der Waals surface area contributed by atoms with Gasteiger partial charge in [0, 0.05) is 23.8 Å². The van der Waals surface area contributed by atoms with Crippen LogP contribution in [0.4, 0.5) is 0 Å². The topological polar surface area (TPSA) is 17.0 Å². The first kappa shape index (κ1) is 10.2. The third-order valence-corrected chi connectivity index (χ3v) is 2.07. The molecule has 1 heterocycles. The molecule has 72 valence electrons. The number of hydrogen-bond acceptors (Lipinski definition) is 1. The van der Waals surface area contributed by atoms with Crippen LogP contribution in [0.2, 0.25) is 0 Å². The normalized spacial score (nSPS) is 11.0. The van der Waals surface area contributed by atoms with Gasteiger partial charge in [0.1, 0.15) is 0 Å². The van der Waals surface area contributed by atoms with Gasteiger partial charge in [-0.1, -0.05) is 12.2 Å². The number of hydrogen-bond donors (Lipinski definition) is 1. The predicted molar refractivity (Wildman–Crippen MR) is 58.0 cm³/mol. The average Bonchev–Trinajstić information content (AvgIpc) is 2.42. The molecule has 2 nitrogen and oxygen atoms in total. The Kier molecular flexibility index (Phi) is 3.90. The second kappa shape index (κ2) is 4.97. The highest BCUT2D eigenvalue weighted by molar-refractivity contribution is 6.18. The molecule has 0 bridgehead atoms. The molecule has 0 aliphatic heterocycles. The molecule has 13 heavy (non-hydrogen) atoms. The molecule has 0 fully saturated rings. The molecule has 1 aromatic rings. The molecule has 0 aromatic carbocycles. The minimum atomic E-state index is 0.575. The van der Waals surface area contributed by atoms with E-state index >= 15 is 0 Å². The summed E-state index contributed by atoms with van der Waals surface area (Å²) in [6, 6.07) is 4.18. The monoisotopic (exact) mass is 198 g/mol. The van der Waals surface area contributed by atoms with Crippen LogP contribution in [-0.4, -0.2) is 17.1 Å². The largest absolute Gasteiger partial charge is 0.322 e. The first-order valence-electron chi connectivity index (χ1n) is 4.35. The lowest BCUT2D eigenvalue weighted by Crippen LogP contribution is -2.17. The van der Waals surface area contributed by atoms with Crippen LogP contribution in [0.5, 0.6) is 0 Å². The van der Waals surface area contributed by atoms with Crippen molar-refractivity contribution in [3.8, 4) is 0 Å². The molecule has 3 heteroatoms. The van der Waals surface area contributed by atoms with Crippen LogP contribution in [0.1, 0.15) is 11.4 Å². The zero-order chi connectivity index (χ0) is 9.68. The van der Waals surface area contributed by atoms with Gasteiger partial charge in [0.05, 0.1) is 0 Å². The van der Waals surface area contributed by atoms with Gasteiger partial charge in [0.15, 0.2) is 0 Å². The van der Waals surface area contributed by atoms with Crippen molar-refractivity contribution in [2.45, 2.75) is 13.8 Å². The van der Waals surface area contributed by atoms with Crippen molar-refractivity contribution in [1.82, 2.24) is 4.68 Å². The quantitative estimate of drug-likeness (QED) is 0.581. The number of alkyl halides is 1. The highest BCUT2D eigenvalue weighted by Crippen LogP contribution is 2.03. The van der Waals surface area contributed by atoms with Gasteiger partial charge in [0.25, 0.3) is 0 Å². The van der Waals surface area contributed by atoms with Crippen LogP contribution in [0.25, 0.3) is 0 Å². The van der Waals surface area contributed by atoms with Crippen LogP contribution in [0.15, 0.2) is 24.3 Å². The molecule has 0 saturated carbocycles. The Labute approximate surface area is 84.2 Å². The maximum atomic E-state index is 5.50. The van der Waals surface area contributed by atoms with Crippen molar-refractivity contribution in [3.05, 3.63) is 35.7 Å². The summed E-state index contributed by atoms with van der Waals surface area (Å²) in [7, 11) is 0. The molecule has 0 saturated heterocycles. The van der Waals surface area contributed by atoms with E-state index in [0.29, 0.717) is 5.88 Å². The van der Waals surface area contributed by atoms with Gasteiger partial charge in [-0.3, -0.25) is 4.68 Å². The van der Waals surface area contributed by atoms with Crippen molar-refractivity contribution >= 4 is 11.6 Å². The van der Waals surface area contributed by atoms with Crippen LogP contribution in [-0.2, 0) is 0 Å². The Balaban J connectivity index is 2.49. The van der Waals surface area contributed by atoms with E-state index in [0.717, 1.165) is 6.54 Å². The standard InChI is InChI=1S/C10H15ClN2/c1-9-5-6-10(2)13(9)12-8-4-3-7-11/h3-6,12H,7-8H2,1-2H3/b4-3+. The summed E-state index contributed by atoms with van der Waals surface area (Å²) in [6.45, 7) is 4.96. The molecule has 1 rings (SSSR count). The van der Waals surface area contributed by atoms with Crippen LogP contribution < -0.4 is 5.43 Å². The summed E-state index contributed by atoms with van der Waals surface area (Å²) in [6.07, 6.45) is 3.95. The van der Waals surface area contributed by atoms with Crippen molar-refractivity contribution in [3.63, 3.8) is 0 Å². The number of nitrogens with one attached hydrogen (secondary N) is 1. The third kappa shape index (κ3) is 2.81. The molecule has 0 amide bonds. The molecular weight excluding hydrogens is 184 g/mol. The van der Waals surface area contributed by atoms with Gasteiger partial charge in [-0.05, 0) is 26.0 Å². The van der Waals surface area contributed by atoms with Crippen molar-refractivity contribution in [2.75, 3.05) is 17.9 Å². The number of nitrogens with zero attached hydrogens (tertiary/aromatic N) is 1. The summed E-state index contributed by atoms with van der Waals surface area (Å²) in [5.74, 6) is 0.575. The number of aryl methyl sites for hydroxylation is 2. The summed E-state index contributed by atoms with van der Waals surface area (Å²) >= 11 is 5.50. The van der Waals surface area contributed by atoms with Gasteiger partial charge in [0.2, 0.25) is 0 Å². The van der Waals surface area contributed by atoms with E-state index in [1.54, 1.807) is 0 Å². The molecule has 0 atom stereocenters. The SMILES string of the molecule is Cc1ccc(C)n1NC/C=C/CCl. The minimum absolute atomic E-state index is 0.575. The Hall–Kier alpha value is -0.890. The molecule has 1 aromatic heterocycles. The number of allylic oxidation sites excluding steroid dienone is 1. The van der Waals surface area contributed by atoms with Gasteiger partial charge in [-0.25, -0.2) is 0 Å². The lowest BCUT2D eigenvalue weighted by Gasteiger charge is -2.09. The van der Waals surface area contributed by atoms with Crippen LogP contribution >= 0.6 is 11.6 Å². The number of aromatic nitrogens is 1. The third-order valence-electron chi connectivity index (χ3n) is 1.89. The molecule has 0 aliphatic carbocycles. The second-order valence-corrected chi connectivity index (χ2v) is 3.25. The molecule has 0 aliphatic rings. The first-order chi connectivity index (χ1) is 6.25. The summed E-state index contributed by atoms with van der Waals surface area (Å²) in [5.41, 5.74) is 5.71. The fraction of sp³-hybridized carbons (Fsp3) is 0.400. The maximum absolute atomic E-state index is 5.50. The fourth-order valence-electron chi connectivity index (χ4n) is 1.21. The molecular formula is C10H15ClN2. The Morgan fingerprint density at radius 1 is 1.31 bits per heavy atom. The van der Waals surface area contributed by atoms with E-state index in [-0.39, 0.29) is 0 Å². The summed E-state index contributed by atoms with van der Waals surface area (Å²) in [4.78, 5) is 0. The second-order valence-electron chi connectivity index (χ2n) is 2.94. The van der Waals surface area contributed by atoms with E-state index < -0.39 is 0 Å². The van der Waals surface area contributed by atoms with E-state index in [4.69, 9.17) is 11.6 Å². The Morgan fingerprint density at radius 2 is 1.92 bits per heavy atom. The summed E-state index contributed by atoms with van der Waals surface area (Å²) in [5, 5.41) is 0. The average molecular weight is 199 g/mol. The van der Waals surface area contributed by atoms with Crippen molar-refractivity contribution in [1.29, 1.82) is 0 Å². The van der Waals surface area contributed by atoms with E-state index in [1.807, 2.05) is 12.2 Å². The summed E-state index contributed by atoms with van der Waals surface area (Å²) < 4.78 is 2.07. The minimum Gasteiger partial charge on any atom is -0.322 e. The van der Waals surface area contributed by atoms with E-state index in [2.05, 4.69) is 36.1 Å². The van der Waals surface area contributed by atoms with Gasteiger partial charge < -0.3 is 5.43 Å². The van der Waals surface area contributed by atoms with Crippen LogP contribution in [0, 0.1) is 13.8 Å². The smallest absolute Gasteiger partial charge is 0.0495 e. The first-order valence-corrected chi connectivity index (χ1v) is 4.89. The molecule has 0 radical (unpaired) electrons. The Morgan fingerprint density at radius 3 is 2.46 bits per heavy atom. The van der Waals surface area contributed by atoms with Crippen molar-refractivity contribution < 1.29 is 0 Å². The van der Waals surface area contributed by atoms with Gasteiger partial charge in [-0.2, -0.15) is 0 Å². The number of rotatable bonds is 4. The Bertz CT molecular complexity index is 270. The lowest BCUT2D eigenvalue weighted by molar-refractivity contribution is 0.829. The molecule has 0 unspecified atom stereocenters. The van der Waals surface area contributed by atoms with Gasteiger partial charge >= 0.3 is 0 Å². The zero-order valence-electron chi connectivity index (χ0n) is 8.05. The predicted octanol–water partition coefficient (Wildman–Crippen LogP) is 2.44. The molecule has 1 N–H and O–H groups in total. The number of halogens is 1. The lowest BCUT2D eigenvalue weighted by atomic mass is 10.5. The van der Waals surface area contributed by atoms with Crippen LogP contribution in [0.3, 0.4) is 0 Å². The van der Waals surface area contributed by atoms with E-state index in [1.165, 1.54) is 11.4 Å². The maximum Gasteiger partial charge on any atom is 0.0495 e. The molecule has 0 spiro atoms. The highest BCUT2D eigenvalue weighted by atomic mass is 35.5. The van der Waals surface area contributed by atoms with Crippen molar-refractivity contribution in [2.24, 2.45) is 0 Å². The van der Waals surface area contributed by atoms with E-state index in [9.17, 15) is 0 Å². The fourth-order valence-corrected chi connectivity index (χ4v) is 1.33. The van der Waals surface area contributed by atoms with Gasteiger partial charge in [-0.15, -0.1) is 11.6 Å². The zero-order valence-corrected chi connectivity index (χ0v) is 8.80.